The van der Waals surface area contributed by atoms with Gasteiger partial charge in [0.25, 0.3) is 5.89 Å². The fourth-order valence-electron chi connectivity index (χ4n) is 3.61. The first-order valence-electron chi connectivity index (χ1n) is 9.77. The Morgan fingerprint density at radius 1 is 1.33 bits per heavy atom. The molecule has 1 aliphatic rings. The van der Waals surface area contributed by atoms with Gasteiger partial charge < -0.3 is 14.2 Å². The Hall–Kier alpha value is -3.10. The molecular weight excluding hydrogens is 400 g/mol. The van der Waals surface area contributed by atoms with Crippen molar-refractivity contribution >= 4 is 27.3 Å². The van der Waals surface area contributed by atoms with Crippen LogP contribution >= 0.6 is 11.3 Å². The molecule has 0 radical (unpaired) electrons. The van der Waals surface area contributed by atoms with Gasteiger partial charge in [-0.1, -0.05) is 22.9 Å². The summed E-state index contributed by atoms with van der Waals surface area (Å²) in [5.41, 5.74) is 3.04. The van der Waals surface area contributed by atoms with Gasteiger partial charge in [0.2, 0.25) is 11.7 Å². The highest BCUT2D eigenvalue weighted by Gasteiger charge is 2.30. The number of aromatic nitrogens is 3. The average Bonchev–Trinajstić information content (AvgIpc) is 3.42. The van der Waals surface area contributed by atoms with Crippen molar-refractivity contribution in [3.05, 3.63) is 65.1 Å². The normalized spacial score (nSPS) is 16.8. The second-order valence-electron chi connectivity index (χ2n) is 7.33. The van der Waals surface area contributed by atoms with Crippen LogP contribution < -0.4 is 0 Å². The molecule has 4 heterocycles. The Morgan fingerprint density at radius 3 is 3.13 bits per heavy atom. The van der Waals surface area contributed by atoms with Crippen LogP contribution in [0.1, 0.15) is 23.1 Å². The SMILES string of the molecule is Cc1ccc2scc(CC(=O)N3CCOC(c4nc(-c5cccnc5)no4)C3)c2c1. The summed E-state index contributed by atoms with van der Waals surface area (Å²) in [6.07, 6.45) is 3.32. The largest absolute Gasteiger partial charge is 0.365 e. The molecule has 30 heavy (non-hydrogen) atoms. The number of amides is 1. The van der Waals surface area contributed by atoms with Crippen LogP contribution in [0.2, 0.25) is 0 Å². The first-order valence-corrected chi connectivity index (χ1v) is 10.7. The zero-order chi connectivity index (χ0) is 20.5. The van der Waals surface area contributed by atoms with Gasteiger partial charge in [0.15, 0.2) is 6.10 Å². The monoisotopic (exact) mass is 420 g/mol. The lowest BCUT2D eigenvalue weighted by molar-refractivity contribution is -0.139. The molecule has 1 fully saturated rings. The molecule has 3 aromatic heterocycles. The molecule has 1 unspecified atom stereocenters. The smallest absolute Gasteiger partial charge is 0.257 e. The first-order chi connectivity index (χ1) is 14.7. The number of rotatable bonds is 4. The molecule has 1 aliphatic heterocycles. The molecule has 0 saturated carbocycles. The minimum Gasteiger partial charge on any atom is -0.365 e. The average molecular weight is 420 g/mol. The summed E-state index contributed by atoms with van der Waals surface area (Å²) in [4.78, 5) is 23.3. The van der Waals surface area contributed by atoms with Gasteiger partial charge in [-0.3, -0.25) is 9.78 Å². The van der Waals surface area contributed by atoms with E-state index in [-0.39, 0.29) is 5.91 Å². The van der Waals surface area contributed by atoms with Gasteiger partial charge in [-0.2, -0.15) is 4.98 Å². The number of fused-ring (bicyclic) bond motifs is 1. The van der Waals surface area contributed by atoms with E-state index >= 15 is 0 Å². The molecule has 8 heteroatoms. The number of nitrogens with zero attached hydrogens (tertiary/aromatic N) is 4. The van der Waals surface area contributed by atoms with Crippen molar-refractivity contribution in [3.63, 3.8) is 0 Å². The fourth-order valence-corrected chi connectivity index (χ4v) is 4.55. The lowest BCUT2D eigenvalue weighted by Gasteiger charge is -2.31. The van der Waals surface area contributed by atoms with Crippen molar-refractivity contribution in [2.75, 3.05) is 19.7 Å². The molecule has 4 aromatic rings. The number of hydrogen-bond acceptors (Lipinski definition) is 7. The maximum atomic E-state index is 13.0. The third-order valence-corrected chi connectivity index (χ3v) is 6.22. The minimum atomic E-state index is -0.429. The molecule has 7 nitrogen and oxygen atoms in total. The van der Waals surface area contributed by atoms with Crippen molar-refractivity contribution < 1.29 is 14.1 Å². The number of carbonyl (C=O) groups excluding carboxylic acids is 1. The number of thiophene rings is 1. The van der Waals surface area contributed by atoms with Gasteiger partial charge >= 0.3 is 0 Å². The predicted octanol–water partition coefficient (Wildman–Crippen LogP) is 3.80. The number of benzene rings is 1. The van der Waals surface area contributed by atoms with Crippen molar-refractivity contribution in [1.29, 1.82) is 0 Å². The Bertz CT molecular complexity index is 1190. The predicted molar refractivity (Wildman–Crippen MR) is 113 cm³/mol. The van der Waals surface area contributed by atoms with E-state index in [1.807, 2.05) is 17.0 Å². The summed E-state index contributed by atoms with van der Waals surface area (Å²) in [6.45, 7) is 3.46. The molecule has 1 atom stereocenters. The van der Waals surface area contributed by atoms with E-state index in [1.54, 1.807) is 23.7 Å². The standard InChI is InChI=1S/C22H20N4O3S/c1-14-4-5-19-17(9-14)16(13-30-19)10-20(27)26-7-8-28-18(12-26)22-24-21(25-29-22)15-3-2-6-23-11-15/h2-6,9,11,13,18H,7-8,10,12H2,1H3. The highest BCUT2D eigenvalue weighted by Crippen LogP contribution is 2.29. The number of morpholine rings is 1. The van der Waals surface area contributed by atoms with Crippen LogP contribution in [0.3, 0.4) is 0 Å². The van der Waals surface area contributed by atoms with E-state index < -0.39 is 6.10 Å². The lowest BCUT2D eigenvalue weighted by atomic mass is 10.1. The van der Waals surface area contributed by atoms with Crippen LogP contribution in [0.25, 0.3) is 21.5 Å². The van der Waals surface area contributed by atoms with Crippen LogP contribution in [-0.2, 0) is 16.0 Å². The molecule has 0 aliphatic carbocycles. The van der Waals surface area contributed by atoms with Gasteiger partial charge in [-0.25, -0.2) is 0 Å². The number of pyridine rings is 1. The Kier molecular flexibility index (Phi) is 5.02. The molecule has 1 saturated heterocycles. The second kappa shape index (κ2) is 7.97. The van der Waals surface area contributed by atoms with Crippen LogP contribution in [-0.4, -0.2) is 45.6 Å². The molecule has 1 amide bonds. The number of hydrogen-bond donors (Lipinski definition) is 0. The molecule has 152 valence electrons. The van der Waals surface area contributed by atoms with E-state index in [4.69, 9.17) is 9.26 Å². The van der Waals surface area contributed by atoms with Crippen molar-refractivity contribution in [2.45, 2.75) is 19.4 Å². The summed E-state index contributed by atoms with van der Waals surface area (Å²) in [7, 11) is 0. The highest BCUT2D eigenvalue weighted by atomic mass is 32.1. The zero-order valence-corrected chi connectivity index (χ0v) is 17.3. The van der Waals surface area contributed by atoms with Gasteiger partial charge in [-0.05, 0) is 41.5 Å². The van der Waals surface area contributed by atoms with Crippen molar-refractivity contribution in [3.8, 4) is 11.4 Å². The lowest BCUT2D eigenvalue weighted by Crippen LogP contribution is -2.43. The van der Waals surface area contributed by atoms with E-state index in [9.17, 15) is 4.79 Å². The van der Waals surface area contributed by atoms with Gasteiger partial charge in [-0.15, -0.1) is 11.3 Å². The van der Waals surface area contributed by atoms with Crippen LogP contribution in [0.15, 0.2) is 52.6 Å². The summed E-state index contributed by atoms with van der Waals surface area (Å²) in [6, 6.07) is 10.0. The van der Waals surface area contributed by atoms with Gasteiger partial charge in [0.05, 0.1) is 19.6 Å². The Balaban J connectivity index is 1.30. The van der Waals surface area contributed by atoms with E-state index in [0.29, 0.717) is 37.8 Å². The van der Waals surface area contributed by atoms with E-state index in [0.717, 1.165) is 16.5 Å². The summed E-state index contributed by atoms with van der Waals surface area (Å²) < 4.78 is 12.4. The van der Waals surface area contributed by atoms with Crippen molar-refractivity contribution in [2.24, 2.45) is 0 Å². The topological polar surface area (TPSA) is 81.4 Å². The van der Waals surface area contributed by atoms with Gasteiger partial charge in [0, 0.05) is 29.2 Å². The highest BCUT2D eigenvalue weighted by molar-refractivity contribution is 7.17. The maximum absolute atomic E-state index is 13.0. The number of aryl methyl sites for hydroxylation is 1. The molecule has 0 N–H and O–H groups in total. The molecule has 0 bridgehead atoms. The van der Waals surface area contributed by atoms with E-state index in [2.05, 4.69) is 45.6 Å². The minimum absolute atomic E-state index is 0.0801. The van der Waals surface area contributed by atoms with Crippen LogP contribution in [0, 0.1) is 6.92 Å². The third kappa shape index (κ3) is 3.71. The fraction of sp³-hybridized carbons (Fsp3) is 0.273. The van der Waals surface area contributed by atoms with Crippen molar-refractivity contribution in [1.82, 2.24) is 20.0 Å². The van der Waals surface area contributed by atoms with Crippen LogP contribution in [0.5, 0.6) is 0 Å². The summed E-state index contributed by atoms with van der Waals surface area (Å²) in [5.74, 6) is 0.921. The number of carbonyl (C=O) groups is 1. The molecule has 0 spiro atoms. The summed E-state index contributed by atoms with van der Waals surface area (Å²) >= 11 is 1.68. The zero-order valence-electron chi connectivity index (χ0n) is 16.4. The van der Waals surface area contributed by atoms with E-state index in [1.165, 1.54) is 10.3 Å². The Morgan fingerprint density at radius 2 is 2.27 bits per heavy atom. The second-order valence-corrected chi connectivity index (χ2v) is 8.25. The van der Waals surface area contributed by atoms with Crippen LogP contribution in [0.4, 0.5) is 0 Å². The maximum Gasteiger partial charge on any atom is 0.257 e. The first kappa shape index (κ1) is 18.9. The third-order valence-electron chi connectivity index (χ3n) is 5.21. The number of ether oxygens (including phenoxy) is 1. The summed E-state index contributed by atoms with van der Waals surface area (Å²) in [5, 5.41) is 7.27. The van der Waals surface area contributed by atoms with Gasteiger partial charge in [0.1, 0.15) is 0 Å². The molecular formula is C22H20N4O3S. The quantitative estimate of drug-likeness (QED) is 0.500. The molecule has 5 rings (SSSR count). The Labute approximate surface area is 177 Å². The molecule has 1 aromatic carbocycles.